The highest BCUT2D eigenvalue weighted by Crippen LogP contribution is 2.30. The van der Waals surface area contributed by atoms with E-state index in [-0.39, 0.29) is 11.3 Å². The fourth-order valence-electron chi connectivity index (χ4n) is 2.30. The van der Waals surface area contributed by atoms with E-state index in [2.05, 4.69) is 36.3 Å². The predicted molar refractivity (Wildman–Crippen MR) is 96.9 cm³/mol. The second-order valence-electron chi connectivity index (χ2n) is 5.56. The Balaban J connectivity index is 1.86. The lowest BCUT2D eigenvalue weighted by Crippen LogP contribution is -2.11. The van der Waals surface area contributed by atoms with E-state index in [1.807, 2.05) is 11.4 Å². The molecule has 0 atom stereocenters. The SMILES string of the molecule is Cc1ccc(Nc2nc(-c3ccc(O)c(C(N)=O)c3)cs2)cc1C. The molecule has 4 N–H and O–H groups in total. The van der Waals surface area contributed by atoms with E-state index in [4.69, 9.17) is 5.73 Å². The fraction of sp³-hybridized carbons (Fsp3) is 0.111. The Morgan fingerprint density at radius 2 is 1.96 bits per heavy atom. The summed E-state index contributed by atoms with van der Waals surface area (Å²) in [6, 6.07) is 10.8. The van der Waals surface area contributed by atoms with Gasteiger partial charge in [-0.3, -0.25) is 4.79 Å². The first-order valence-electron chi connectivity index (χ1n) is 7.37. The highest BCUT2D eigenvalue weighted by Gasteiger charge is 2.11. The average Bonchev–Trinajstić information content (AvgIpc) is 2.99. The molecule has 0 aliphatic heterocycles. The van der Waals surface area contributed by atoms with Crippen molar-refractivity contribution in [3.63, 3.8) is 0 Å². The smallest absolute Gasteiger partial charge is 0.252 e. The number of hydrogen-bond donors (Lipinski definition) is 3. The van der Waals surface area contributed by atoms with Crippen LogP contribution in [0.5, 0.6) is 5.75 Å². The molecule has 0 bridgehead atoms. The number of primary amides is 1. The maximum absolute atomic E-state index is 11.3. The number of aromatic hydroxyl groups is 1. The molecule has 0 aliphatic carbocycles. The van der Waals surface area contributed by atoms with Gasteiger partial charge in [-0.15, -0.1) is 11.3 Å². The number of nitrogens with one attached hydrogen (secondary N) is 1. The first kappa shape index (κ1) is 16.0. The number of hydrogen-bond acceptors (Lipinski definition) is 5. The number of carbonyl (C=O) groups excluding carboxylic acids is 1. The second kappa shape index (κ2) is 6.33. The Labute approximate surface area is 143 Å². The molecule has 24 heavy (non-hydrogen) atoms. The number of amides is 1. The lowest BCUT2D eigenvalue weighted by molar-refractivity contribution is 0.0998. The van der Waals surface area contributed by atoms with Gasteiger partial charge in [-0.25, -0.2) is 4.98 Å². The van der Waals surface area contributed by atoms with Gasteiger partial charge in [-0.2, -0.15) is 0 Å². The first-order valence-corrected chi connectivity index (χ1v) is 8.25. The van der Waals surface area contributed by atoms with Gasteiger partial charge in [0.25, 0.3) is 5.91 Å². The summed E-state index contributed by atoms with van der Waals surface area (Å²) < 4.78 is 0. The maximum atomic E-state index is 11.3. The van der Waals surface area contributed by atoms with Crippen molar-refractivity contribution in [2.24, 2.45) is 5.73 Å². The van der Waals surface area contributed by atoms with Gasteiger partial charge >= 0.3 is 0 Å². The monoisotopic (exact) mass is 339 g/mol. The number of nitrogens with two attached hydrogens (primary N) is 1. The summed E-state index contributed by atoms with van der Waals surface area (Å²) in [5.41, 5.74) is 10.2. The topological polar surface area (TPSA) is 88.2 Å². The number of rotatable bonds is 4. The standard InChI is InChI=1S/C18H17N3O2S/c1-10-3-5-13(7-11(10)2)20-18-21-15(9-24-18)12-4-6-16(22)14(8-12)17(19)23/h3-9,22H,1-2H3,(H2,19,23)(H,20,21). The molecule has 3 rings (SSSR count). The van der Waals surface area contributed by atoms with Gasteiger partial charge < -0.3 is 16.2 Å². The van der Waals surface area contributed by atoms with Crippen LogP contribution in [0, 0.1) is 13.8 Å². The van der Waals surface area contributed by atoms with Crippen LogP contribution < -0.4 is 11.1 Å². The number of carbonyl (C=O) groups is 1. The van der Waals surface area contributed by atoms with Crippen molar-refractivity contribution in [1.82, 2.24) is 4.98 Å². The van der Waals surface area contributed by atoms with E-state index in [1.54, 1.807) is 12.1 Å². The molecule has 0 radical (unpaired) electrons. The Morgan fingerprint density at radius 3 is 2.67 bits per heavy atom. The van der Waals surface area contributed by atoms with Crippen LogP contribution in [-0.2, 0) is 0 Å². The molecule has 0 fully saturated rings. The summed E-state index contributed by atoms with van der Waals surface area (Å²) in [6.45, 7) is 4.14. The summed E-state index contributed by atoms with van der Waals surface area (Å²) in [5.74, 6) is -0.798. The van der Waals surface area contributed by atoms with Gasteiger partial charge in [0.15, 0.2) is 5.13 Å². The minimum atomic E-state index is -0.668. The summed E-state index contributed by atoms with van der Waals surface area (Å²) in [4.78, 5) is 15.9. The second-order valence-corrected chi connectivity index (χ2v) is 6.42. The van der Waals surface area contributed by atoms with Crippen LogP contribution in [0.2, 0.25) is 0 Å². The average molecular weight is 339 g/mol. The molecule has 5 nitrogen and oxygen atoms in total. The first-order chi connectivity index (χ1) is 11.4. The fourth-order valence-corrected chi connectivity index (χ4v) is 3.04. The summed E-state index contributed by atoms with van der Waals surface area (Å²) in [7, 11) is 0. The summed E-state index contributed by atoms with van der Waals surface area (Å²) in [5, 5.41) is 15.6. The Bertz CT molecular complexity index is 918. The Hall–Kier alpha value is -2.86. The predicted octanol–water partition coefficient (Wildman–Crippen LogP) is 3.98. The number of aromatic nitrogens is 1. The van der Waals surface area contributed by atoms with Gasteiger partial charge in [0.2, 0.25) is 0 Å². The number of benzene rings is 2. The van der Waals surface area contributed by atoms with Crippen LogP contribution in [0.3, 0.4) is 0 Å². The van der Waals surface area contributed by atoms with Crippen LogP contribution in [0.15, 0.2) is 41.8 Å². The van der Waals surface area contributed by atoms with E-state index in [0.717, 1.165) is 16.4 Å². The molecular weight excluding hydrogens is 322 g/mol. The van der Waals surface area contributed by atoms with Crippen molar-refractivity contribution < 1.29 is 9.90 Å². The molecule has 2 aromatic carbocycles. The van der Waals surface area contributed by atoms with Gasteiger partial charge in [0, 0.05) is 16.6 Å². The molecule has 0 unspecified atom stereocenters. The molecule has 0 saturated carbocycles. The molecule has 122 valence electrons. The third-order valence-corrected chi connectivity index (χ3v) is 4.58. The van der Waals surface area contributed by atoms with E-state index >= 15 is 0 Å². The van der Waals surface area contributed by atoms with Crippen LogP contribution in [0.1, 0.15) is 21.5 Å². The van der Waals surface area contributed by atoms with Crippen LogP contribution >= 0.6 is 11.3 Å². The van der Waals surface area contributed by atoms with Crippen LogP contribution in [0.4, 0.5) is 10.8 Å². The Kier molecular flexibility index (Phi) is 4.22. The van der Waals surface area contributed by atoms with Crippen LogP contribution in [0.25, 0.3) is 11.3 Å². The molecule has 1 aromatic heterocycles. The number of aryl methyl sites for hydroxylation is 2. The molecule has 1 heterocycles. The minimum absolute atomic E-state index is 0.0872. The normalized spacial score (nSPS) is 10.6. The highest BCUT2D eigenvalue weighted by molar-refractivity contribution is 7.14. The van der Waals surface area contributed by atoms with Crippen LogP contribution in [-0.4, -0.2) is 16.0 Å². The summed E-state index contributed by atoms with van der Waals surface area (Å²) in [6.07, 6.45) is 0. The zero-order valence-corrected chi connectivity index (χ0v) is 14.1. The molecule has 1 amide bonds. The molecule has 0 spiro atoms. The Morgan fingerprint density at radius 1 is 1.17 bits per heavy atom. The quantitative estimate of drug-likeness (QED) is 0.671. The van der Waals surface area contributed by atoms with Gasteiger partial charge in [0.1, 0.15) is 5.75 Å². The van der Waals surface area contributed by atoms with Gasteiger partial charge in [-0.05, 0) is 55.3 Å². The zero-order chi connectivity index (χ0) is 17.3. The molecular formula is C18H17N3O2S. The van der Waals surface area contributed by atoms with Crippen molar-refractivity contribution >= 4 is 28.1 Å². The molecule has 6 heteroatoms. The zero-order valence-electron chi connectivity index (χ0n) is 13.3. The van der Waals surface area contributed by atoms with Crippen molar-refractivity contribution in [3.05, 3.63) is 58.5 Å². The van der Waals surface area contributed by atoms with Gasteiger partial charge in [0.05, 0.1) is 11.3 Å². The van der Waals surface area contributed by atoms with E-state index in [1.165, 1.54) is 28.5 Å². The molecule has 0 saturated heterocycles. The minimum Gasteiger partial charge on any atom is -0.507 e. The van der Waals surface area contributed by atoms with E-state index < -0.39 is 5.91 Å². The van der Waals surface area contributed by atoms with Crippen molar-refractivity contribution in [3.8, 4) is 17.0 Å². The lowest BCUT2D eigenvalue weighted by Gasteiger charge is -2.06. The number of thiazole rings is 1. The number of nitrogens with zero attached hydrogens (tertiary/aromatic N) is 1. The maximum Gasteiger partial charge on any atom is 0.252 e. The third kappa shape index (κ3) is 3.23. The van der Waals surface area contributed by atoms with Gasteiger partial charge in [-0.1, -0.05) is 6.07 Å². The largest absolute Gasteiger partial charge is 0.507 e. The highest BCUT2D eigenvalue weighted by atomic mass is 32.1. The van der Waals surface area contributed by atoms with Crippen molar-refractivity contribution in [1.29, 1.82) is 0 Å². The molecule has 3 aromatic rings. The lowest BCUT2D eigenvalue weighted by atomic mass is 10.1. The number of anilines is 2. The van der Waals surface area contributed by atoms with Crippen molar-refractivity contribution in [2.45, 2.75) is 13.8 Å². The van der Waals surface area contributed by atoms with E-state index in [9.17, 15) is 9.90 Å². The number of phenols is 1. The van der Waals surface area contributed by atoms with Crippen molar-refractivity contribution in [2.75, 3.05) is 5.32 Å². The molecule has 0 aliphatic rings. The van der Waals surface area contributed by atoms with E-state index in [0.29, 0.717) is 5.69 Å². The summed E-state index contributed by atoms with van der Waals surface area (Å²) >= 11 is 1.47. The third-order valence-electron chi connectivity index (χ3n) is 3.82.